The average Bonchev–Trinajstić information content (AvgIpc) is 2.56. The third-order valence-corrected chi connectivity index (χ3v) is 3.35. The summed E-state index contributed by atoms with van der Waals surface area (Å²) in [4.78, 5) is 27.4. The van der Waals surface area contributed by atoms with Crippen LogP contribution in [0.25, 0.3) is 16.6 Å². The molecule has 2 aromatic heterocycles. The molecule has 7 nitrogen and oxygen atoms in total. The van der Waals surface area contributed by atoms with Crippen LogP contribution in [0.3, 0.4) is 0 Å². The highest BCUT2D eigenvalue weighted by Gasteiger charge is 2.09. The smallest absolute Gasteiger partial charge is 0.264 e. The Labute approximate surface area is 135 Å². The van der Waals surface area contributed by atoms with E-state index in [1.54, 1.807) is 12.1 Å². The Bertz CT molecular complexity index is 1000. The lowest BCUT2D eigenvalue weighted by atomic mass is 10.2. The van der Waals surface area contributed by atoms with Gasteiger partial charge in [-0.2, -0.15) is 0 Å². The van der Waals surface area contributed by atoms with Crippen LogP contribution < -0.4 is 21.8 Å². The summed E-state index contributed by atoms with van der Waals surface area (Å²) < 4.78 is 20.0. The number of primary amides is 1. The predicted molar refractivity (Wildman–Crippen MR) is 86.4 cm³/mol. The van der Waals surface area contributed by atoms with Gasteiger partial charge in [-0.25, -0.2) is 9.37 Å². The molecule has 0 saturated heterocycles. The molecule has 0 aliphatic heterocycles. The first-order chi connectivity index (χ1) is 11.5. The summed E-state index contributed by atoms with van der Waals surface area (Å²) in [7, 11) is 0. The summed E-state index contributed by atoms with van der Waals surface area (Å²) in [5, 5.41) is 0.321. The molecule has 0 aliphatic rings. The molecule has 4 N–H and O–H groups in total. The van der Waals surface area contributed by atoms with E-state index < -0.39 is 11.7 Å². The summed E-state index contributed by atoms with van der Waals surface area (Å²) in [5.41, 5.74) is 10.8. The van der Waals surface area contributed by atoms with Gasteiger partial charge in [0.05, 0.1) is 22.3 Å². The first-order valence-corrected chi connectivity index (χ1v) is 6.94. The topological polar surface area (TPSA) is 113 Å². The molecule has 0 atom stereocenters. The van der Waals surface area contributed by atoms with Crippen LogP contribution in [-0.4, -0.2) is 22.1 Å². The Morgan fingerprint density at radius 3 is 2.75 bits per heavy atom. The van der Waals surface area contributed by atoms with Crippen molar-refractivity contribution in [2.45, 2.75) is 0 Å². The minimum Gasteiger partial charge on any atom is -0.468 e. The number of anilines is 1. The fraction of sp³-hybridized carbons (Fsp3) is 0.0625. The van der Waals surface area contributed by atoms with Gasteiger partial charge in [-0.05, 0) is 24.3 Å². The number of amides is 1. The second-order valence-corrected chi connectivity index (χ2v) is 5.03. The fourth-order valence-corrected chi connectivity index (χ4v) is 2.20. The lowest BCUT2D eigenvalue weighted by Crippen LogP contribution is -2.21. The number of halogens is 1. The Balaban J connectivity index is 2.05. The van der Waals surface area contributed by atoms with Crippen LogP contribution >= 0.6 is 0 Å². The molecule has 0 spiro atoms. The van der Waals surface area contributed by atoms with E-state index in [4.69, 9.17) is 16.2 Å². The molecule has 0 aliphatic carbocycles. The maximum Gasteiger partial charge on any atom is 0.264 e. The van der Waals surface area contributed by atoms with E-state index in [0.717, 1.165) is 0 Å². The molecule has 122 valence electrons. The third-order valence-electron chi connectivity index (χ3n) is 3.35. The monoisotopic (exact) mass is 328 g/mol. The molecular weight excluding hydrogens is 315 g/mol. The van der Waals surface area contributed by atoms with Gasteiger partial charge in [-0.15, -0.1) is 0 Å². The molecule has 0 radical (unpaired) electrons. The van der Waals surface area contributed by atoms with Gasteiger partial charge in [0.15, 0.2) is 6.61 Å². The summed E-state index contributed by atoms with van der Waals surface area (Å²) in [6.07, 6.45) is 1.47. The average molecular weight is 328 g/mol. The number of carbonyl (C=O) groups excluding carboxylic acids is 1. The summed E-state index contributed by atoms with van der Waals surface area (Å²) in [5.74, 6) is -1.05. The lowest BCUT2D eigenvalue weighted by Gasteiger charge is -2.09. The SMILES string of the molecule is NC(=O)COc1ccc2c(=O)n(-c3ccc(N)c(F)c3)ccc2n1. The zero-order valence-electron chi connectivity index (χ0n) is 12.4. The van der Waals surface area contributed by atoms with Crippen LogP contribution in [0.15, 0.2) is 47.4 Å². The minimum absolute atomic E-state index is 0.00509. The van der Waals surface area contributed by atoms with Crippen molar-refractivity contribution in [3.05, 3.63) is 58.8 Å². The van der Waals surface area contributed by atoms with E-state index in [-0.39, 0.29) is 23.7 Å². The number of nitrogen functional groups attached to an aromatic ring is 1. The van der Waals surface area contributed by atoms with Crippen molar-refractivity contribution in [1.82, 2.24) is 9.55 Å². The molecule has 1 aromatic carbocycles. The first-order valence-electron chi connectivity index (χ1n) is 6.94. The van der Waals surface area contributed by atoms with Crippen molar-refractivity contribution >= 4 is 22.5 Å². The number of hydrogen-bond donors (Lipinski definition) is 2. The molecule has 1 amide bonds. The normalized spacial score (nSPS) is 10.7. The molecule has 0 saturated carbocycles. The second-order valence-electron chi connectivity index (χ2n) is 5.03. The van der Waals surface area contributed by atoms with E-state index in [1.807, 2.05) is 0 Å². The van der Waals surface area contributed by atoms with Gasteiger partial charge in [0.25, 0.3) is 11.5 Å². The summed E-state index contributed by atoms with van der Waals surface area (Å²) in [6, 6.07) is 8.68. The molecule has 2 heterocycles. The standard InChI is InChI=1S/C16H13FN4O3/c17-11-7-9(1-3-12(11)18)21-6-5-13-10(16(21)23)2-4-15(20-13)24-8-14(19)22/h1-7H,8,18H2,(H2,19,22). The van der Waals surface area contributed by atoms with E-state index in [9.17, 15) is 14.0 Å². The van der Waals surface area contributed by atoms with Crippen molar-refractivity contribution in [1.29, 1.82) is 0 Å². The highest BCUT2D eigenvalue weighted by Crippen LogP contribution is 2.17. The zero-order chi connectivity index (χ0) is 17.3. The number of carbonyl (C=O) groups is 1. The van der Waals surface area contributed by atoms with Crippen molar-refractivity contribution in [2.24, 2.45) is 5.73 Å². The van der Waals surface area contributed by atoms with E-state index in [0.29, 0.717) is 16.6 Å². The number of aromatic nitrogens is 2. The van der Waals surface area contributed by atoms with Gasteiger partial charge in [-0.1, -0.05) is 0 Å². The van der Waals surface area contributed by atoms with Crippen molar-refractivity contribution in [3.8, 4) is 11.6 Å². The van der Waals surface area contributed by atoms with E-state index >= 15 is 0 Å². The van der Waals surface area contributed by atoms with Crippen molar-refractivity contribution in [2.75, 3.05) is 12.3 Å². The van der Waals surface area contributed by atoms with E-state index in [1.165, 1.54) is 35.0 Å². The molecule has 3 aromatic rings. The van der Waals surface area contributed by atoms with Gasteiger partial charge in [0, 0.05) is 18.3 Å². The largest absolute Gasteiger partial charge is 0.468 e. The lowest BCUT2D eigenvalue weighted by molar-refractivity contribution is -0.120. The Morgan fingerprint density at radius 2 is 2.04 bits per heavy atom. The first kappa shape index (κ1) is 15.5. The van der Waals surface area contributed by atoms with Crippen LogP contribution in [0.1, 0.15) is 0 Å². The predicted octanol–water partition coefficient (Wildman–Crippen LogP) is 0.971. The molecule has 24 heavy (non-hydrogen) atoms. The maximum absolute atomic E-state index is 13.6. The molecule has 0 fully saturated rings. The van der Waals surface area contributed by atoms with Gasteiger partial charge in [-0.3, -0.25) is 14.2 Å². The van der Waals surface area contributed by atoms with Crippen molar-refractivity contribution in [3.63, 3.8) is 0 Å². The van der Waals surface area contributed by atoms with Crippen LogP contribution in [0.2, 0.25) is 0 Å². The zero-order valence-corrected chi connectivity index (χ0v) is 12.4. The van der Waals surface area contributed by atoms with Crippen LogP contribution in [0.4, 0.5) is 10.1 Å². The summed E-state index contributed by atoms with van der Waals surface area (Å²) in [6.45, 7) is -0.305. The molecule has 3 rings (SSSR count). The number of nitrogens with two attached hydrogens (primary N) is 2. The Hall–Kier alpha value is -3.42. The molecule has 8 heteroatoms. The highest BCUT2D eigenvalue weighted by molar-refractivity contribution is 5.78. The van der Waals surface area contributed by atoms with Crippen LogP contribution in [0, 0.1) is 5.82 Å². The van der Waals surface area contributed by atoms with Gasteiger partial charge >= 0.3 is 0 Å². The second kappa shape index (κ2) is 5.99. The number of fused-ring (bicyclic) bond motifs is 1. The number of ether oxygens (including phenoxy) is 1. The number of benzene rings is 1. The van der Waals surface area contributed by atoms with E-state index in [2.05, 4.69) is 4.98 Å². The summed E-state index contributed by atoms with van der Waals surface area (Å²) >= 11 is 0. The fourth-order valence-electron chi connectivity index (χ4n) is 2.20. The number of nitrogens with zero attached hydrogens (tertiary/aromatic N) is 2. The number of hydrogen-bond acceptors (Lipinski definition) is 5. The van der Waals surface area contributed by atoms with Gasteiger partial charge < -0.3 is 16.2 Å². The quantitative estimate of drug-likeness (QED) is 0.693. The van der Waals surface area contributed by atoms with Crippen LogP contribution in [0.5, 0.6) is 5.88 Å². The third kappa shape index (κ3) is 2.89. The Morgan fingerprint density at radius 1 is 1.25 bits per heavy atom. The molecular formula is C16H13FN4O3. The molecule has 0 unspecified atom stereocenters. The van der Waals surface area contributed by atoms with Crippen LogP contribution in [-0.2, 0) is 4.79 Å². The maximum atomic E-state index is 13.6. The number of pyridine rings is 2. The van der Waals surface area contributed by atoms with Gasteiger partial charge in [0.2, 0.25) is 5.88 Å². The van der Waals surface area contributed by atoms with Crippen molar-refractivity contribution < 1.29 is 13.9 Å². The minimum atomic E-state index is -0.627. The highest BCUT2D eigenvalue weighted by atomic mass is 19.1. The Kier molecular flexibility index (Phi) is 3.87. The molecule has 0 bridgehead atoms. The number of rotatable bonds is 4. The van der Waals surface area contributed by atoms with Gasteiger partial charge in [0.1, 0.15) is 5.82 Å².